The van der Waals surface area contributed by atoms with E-state index < -0.39 is 11.9 Å². The van der Waals surface area contributed by atoms with Gasteiger partial charge in [-0.2, -0.15) is 0 Å². The Kier molecular flexibility index (Phi) is 3.75. The molecular weight excluding hydrogens is 236 g/mol. The molecule has 1 aliphatic heterocycles. The number of aliphatic hydroxyl groups excluding tert-OH is 1. The quantitative estimate of drug-likeness (QED) is 0.737. The van der Waals surface area contributed by atoms with E-state index in [-0.39, 0.29) is 24.6 Å². The zero-order valence-corrected chi connectivity index (χ0v) is 10.6. The fraction of sp³-hybridized carbons (Fsp3) is 0.833. The normalized spacial score (nSPS) is 21.3. The van der Waals surface area contributed by atoms with Crippen molar-refractivity contribution in [2.75, 3.05) is 26.2 Å². The summed E-state index contributed by atoms with van der Waals surface area (Å²) < 4.78 is 0. The van der Waals surface area contributed by atoms with Crippen LogP contribution in [0.3, 0.4) is 0 Å². The molecule has 0 spiro atoms. The summed E-state index contributed by atoms with van der Waals surface area (Å²) in [6.45, 7) is 3.06. The lowest BCUT2D eigenvalue weighted by molar-refractivity contribution is -0.144. The van der Waals surface area contributed by atoms with Gasteiger partial charge in [-0.05, 0) is 12.8 Å². The van der Waals surface area contributed by atoms with Crippen LogP contribution in [0.1, 0.15) is 19.8 Å². The molecule has 1 aliphatic carbocycles. The third-order valence-corrected chi connectivity index (χ3v) is 3.85. The van der Waals surface area contributed by atoms with Gasteiger partial charge in [0.1, 0.15) is 0 Å². The molecule has 0 aromatic carbocycles. The Balaban J connectivity index is 1.83. The molecule has 6 nitrogen and oxygen atoms in total. The molecule has 1 saturated carbocycles. The van der Waals surface area contributed by atoms with Crippen molar-refractivity contribution in [1.82, 2.24) is 9.80 Å². The summed E-state index contributed by atoms with van der Waals surface area (Å²) in [7, 11) is 0. The van der Waals surface area contributed by atoms with Gasteiger partial charge in [0.25, 0.3) is 0 Å². The topological polar surface area (TPSA) is 81.1 Å². The Hall–Kier alpha value is -1.30. The molecule has 0 aromatic heterocycles. The molecule has 0 bridgehead atoms. The number of hydrogen-bond donors (Lipinski definition) is 2. The summed E-state index contributed by atoms with van der Waals surface area (Å²) in [6.07, 6.45) is 2.02. The molecule has 1 heterocycles. The standard InChI is InChI=1S/C12H20N2O4/c1-8(11(16)17)9-6-13(7-9)12(18)14(4-5-15)10-2-3-10/h8-10,15H,2-7H2,1H3,(H,16,17). The van der Waals surface area contributed by atoms with Crippen molar-refractivity contribution >= 4 is 12.0 Å². The van der Waals surface area contributed by atoms with Crippen molar-refractivity contribution in [2.45, 2.75) is 25.8 Å². The van der Waals surface area contributed by atoms with E-state index in [9.17, 15) is 9.59 Å². The minimum Gasteiger partial charge on any atom is -0.481 e. The van der Waals surface area contributed by atoms with Crippen molar-refractivity contribution in [3.8, 4) is 0 Å². The van der Waals surface area contributed by atoms with Crippen LogP contribution >= 0.6 is 0 Å². The predicted molar refractivity (Wildman–Crippen MR) is 64.1 cm³/mol. The molecule has 0 aromatic rings. The SMILES string of the molecule is CC(C(=O)O)C1CN(C(=O)N(CCO)C2CC2)C1. The summed E-state index contributed by atoms with van der Waals surface area (Å²) in [5.41, 5.74) is 0. The summed E-state index contributed by atoms with van der Waals surface area (Å²) in [6, 6.07) is 0.223. The van der Waals surface area contributed by atoms with Gasteiger partial charge in [-0.15, -0.1) is 0 Å². The van der Waals surface area contributed by atoms with Crippen molar-refractivity contribution in [3.05, 3.63) is 0 Å². The molecule has 1 saturated heterocycles. The Labute approximate surface area is 106 Å². The Morgan fingerprint density at radius 2 is 2.00 bits per heavy atom. The van der Waals surface area contributed by atoms with Gasteiger partial charge in [0, 0.05) is 31.6 Å². The number of nitrogens with zero attached hydrogens (tertiary/aromatic N) is 2. The van der Waals surface area contributed by atoms with Gasteiger partial charge in [-0.25, -0.2) is 4.79 Å². The maximum atomic E-state index is 12.1. The zero-order chi connectivity index (χ0) is 13.3. The first-order chi connectivity index (χ1) is 8.54. The summed E-state index contributed by atoms with van der Waals surface area (Å²) in [5, 5.41) is 17.8. The third-order valence-electron chi connectivity index (χ3n) is 3.85. The molecule has 2 amide bonds. The van der Waals surface area contributed by atoms with Gasteiger partial charge < -0.3 is 20.0 Å². The lowest BCUT2D eigenvalue weighted by atomic mass is 9.87. The van der Waals surface area contributed by atoms with Crippen LogP contribution in [-0.2, 0) is 4.79 Å². The first kappa shape index (κ1) is 13.1. The van der Waals surface area contributed by atoms with E-state index in [1.165, 1.54) is 0 Å². The van der Waals surface area contributed by atoms with Crippen LogP contribution in [0, 0.1) is 11.8 Å². The average Bonchev–Trinajstić information content (AvgIpc) is 3.07. The van der Waals surface area contributed by atoms with Crippen LogP contribution in [0.5, 0.6) is 0 Å². The molecule has 6 heteroatoms. The van der Waals surface area contributed by atoms with Crippen LogP contribution in [0.4, 0.5) is 4.79 Å². The second-order valence-corrected chi connectivity index (χ2v) is 5.22. The number of aliphatic carboxylic acids is 1. The minimum absolute atomic E-state index is 0.0228. The zero-order valence-electron chi connectivity index (χ0n) is 10.6. The lowest BCUT2D eigenvalue weighted by Gasteiger charge is -2.43. The molecule has 0 radical (unpaired) electrons. The van der Waals surface area contributed by atoms with E-state index in [4.69, 9.17) is 10.2 Å². The summed E-state index contributed by atoms with van der Waals surface area (Å²) in [5.74, 6) is -1.15. The van der Waals surface area contributed by atoms with Gasteiger partial charge in [0.05, 0.1) is 12.5 Å². The van der Waals surface area contributed by atoms with E-state index in [1.54, 1.807) is 16.7 Å². The molecule has 18 heavy (non-hydrogen) atoms. The highest BCUT2D eigenvalue weighted by atomic mass is 16.4. The van der Waals surface area contributed by atoms with Crippen LogP contribution in [-0.4, -0.2) is 64.3 Å². The monoisotopic (exact) mass is 256 g/mol. The maximum absolute atomic E-state index is 12.1. The maximum Gasteiger partial charge on any atom is 0.320 e. The molecule has 2 rings (SSSR count). The van der Waals surface area contributed by atoms with E-state index in [1.807, 2.05) is 0 Å². The minimum atomic E-state index is -0.804. The number of aliphatic hydroxyl groups is 1. The largest absolute Gasteiger partial charge is 0.481 e. The summed E-state index contributed by atoms with van der Waals surface area (Å²) >= 11 is 0. The highest BCUT2D eigenvalue weighted by Gasteiger charge is 2.41. The average molecular weight is 256 g/mol. The molecule has 102 valence electrons. The molecule has 1 atom stereocenters. The van der Waals surface area contributed by atoms with Crippen LogP contribution in [0.2, 0.25) is 0 Å². The fourth-order valence-corrected chi connectivity index (χ4v) is 2.30. The Morgan fingerprint density at radius 1 is 1.39 bits per heavy atom. The Bertz CT molecular complexity index is 337. The first-order valence-electron chi connectivity index (χ1n) is 6.43. The smallest absolute Gasteiger partial charge is 0.320 e. The lowest BCUT2D eigenvalue weighted by Crippen LogP contribution is -2.58. The van der Waals surface area contributed by atoms with E-state index >= 15 is 0 Å². The van der Waals surface area contributed by atoms with E-state index in [0.29, 0.717) is 19.6 Å². The second-order valence-electron chi connectivity index (χ2n) is 5.22. The number of hydrogen-bond acceptors (Lipinski definition) is 3. The number of likely N-dealkylation sites (tertiary alicyclic amines) is 1. The van der Waals surface area contributed by atoms with Crippen molar-refractivity contribution in [2.24, 2.45) is 11.8 Å². The van der Waals surface area contributed by atoms with Gasteiger partial charge in [0.2, 0.25) is 0 Å². The fourth-order valence-electron chi connectivity index (χ4n) is 2.30. The van der Waals surface area contributed by atoms with Crippen molar-refractivity contribution in [3.63, 3.8) is 0 Å². The predicted octanol–water partition coefficient (Wildman–Crippen LogP) is 0.216. The molecule has 2 N–H and O–H groups in total. The van der Waals surface area contributed by atoms with Gasteiger partial charge in [0.15, 0.2) is 0 Å². The van der Waals surface area contributed by atoms with Gasteiger partial charge in [-0.3, -0.25) is 4.79 Å². The number of rotatable bonds is 5. The first-order valence-corrected chi connectivity index (χ1v) is 6.43. The number of amides is 2. The van der Waals surface area contributed by atoms with Crippen LogP contribution in [0.15, 0.2) is 0 Å². The van der Waals surface area contributed by atoms with Crippen molar-refractivity contribution < 1.29 is 19.8 Å². The number of urea groups is 1. The number of carboxylic acids is 1. The van der Waals surface area contributed by atoms with Crippen LogP contribution in [0.25, 0.3) is 0 Å². The second kappa shape index (κ2) is 5.14. The van der Waals surface area contributed by atoms with Crippen molar-refractivity contribution in [1.29, 1.82) is 0 Å². The van der Waals surface area contributed by atoms with Gasteiger partial charge in [-0.1, -0.05) is 6.92 Å². The molecule has 2 aliphatic rings. The highest BCUT2D eigenvalue weighted by molar-refractivity contribution is 5.77. The molecule has 1 unspecified atom stereocenters. The molecular formula is C12H20N2O4. The van der Waals surface area contributed by atoms with E-state index in [0.717, 1.165) is 12.8 Å². The number of carbonyl (C=O) groups excluding carboxylic acids is 1. The third kappa shape index (κ3) is 2.58. The molecule has 2 fully saturated rings. The van der Waals surface area contributed by atoms with Gasteiger partial charge >= 0.3 is 12.0 Å². The Morgan fingerprint density at radius 3 is 2.44 bits per heavy atom. The van der Waals surface area contributed by atoms with Crippen LogP contribution < -0.4 is 0 Å². The highest BCUT2D eigenvalue weighted by Crippen LogP contribution is 2.30. The van der Waals surface area contributed by atoms with E-state index in [2.05, 4.69) is 0 Å². The number of carboxylic acid groups (broad SMARTS) is 1. The number of carbonyl (C=O) groups is 2. The summed E-state index contributed by atoms with van der Waals surface area (Å²) in [4.78, 5) is 26.3.